The molecule has 1 aromatic rings. The minimum Gasteiger partial charge on any atom is -0.270 e. The van der Waals surface area contributed by atoms with E-state index in [1.807, 2.05) is 31.2 Å². The summed E-state index contributed by atoms with van der Waals surface area (Å²) in [4.78, 5) is 16.8. The fraction of sp³-hybridized carbons (Fsp3) is 0.400. The highest BCUT2D eigenvalue weighted by molar-refractivity contribution is 5.90. The topological polar surface area (TPSA) is 38.3 Å². The number of hydroxylamine groups is 1. The summed E-state index contributed by atoms with van der Waals surface area (Å²) in [6, 6.07) is 8.01. The maximum Gasteiger partial charge on any atom is 0.267 e. The van der Waals surface area contributed by atoms with Crippen LogP contribution in [-0.2, 0) is 9.63 Å². The van der Waals surface area contributed by atoms with Gasteiger partial charge in [0.2, 0.25) is 0 Å². The second kappa shape index (κ2) is 6.36. The summed E-state index contributed by atoms with van der Waals surface area (Å²) in [6.07, 6.45) is 7.96. The minimum absolute atomic E-state index is 0.196. The number of amides is 1. The number of carbonyl (C=O) groups is 1. The lowest BCUT2D eigenvalue weighted by atomic mass is 10.1. The van der Waals surface area contributed by atoms with Gasteiger partial charge in [-0.3, -0.25) is 9.63 Å². The summed E-state index contributed by atoms with van der Waals surface area (Å²) in [6.45, 7) is 2.04. The van der Waals surface area contributed by atoms with E-state index in [0.29, 0.717) is 0 Å². The molecular weight excluding hydrogens is 226 g/mol. The van der Waals surface area contributed by atoms with E-state index in [4.69, 9.17) is 4.84 Å². The molecule has 1 aromatic carbocycles. The number of carbonyl (C=O) groups excluding carboxylic acids is 1. The Morgan fingerprint density at radius 3 is 2.61 bits per heavy atom. The van der Waals surface area contributed by atoms with Crippen molar-refractivity contribution in [3.63, 3.8) is 0 Å². The first-order valence-electron chi connectivity index (χ1n) is 6.44. The third-order valence-electron chi connectivity index (χ3n) is 3.13. The van der Waals surface area contributed by atoms with E-state index in [1.165, 1.54) is 24.5 Å². The van der Waals surface area contributed by atoms with Crippen LogP contribution >= 0.6 is 0 Å². The number of nitrogens with one attached hydrogen (secondary N) is 1. The first-order chi connectivity index (χ1) is 8.74. The largest absolute Gasteiger partial charge is 0.270 e. The van der Waals surface area contributed by atoms with Crippen molar-refractivity contribution in [2.75, 3.05) is 0 Å². The van der Waals surface area contributed by atoms with Gasteiger partial charge in [-0.2, -0.15) is 0 Å². The number of rotatable bonds is 4. The van der Waals surface area contributed by atoms with Crippen molar-refractivity contribution < 1.29 is 9.63 Å². The average Bonchev–Trinajstić information content (AvgIpc) is 2.89. The summed E-state index contributed by atoms with van der Waals surface area (Å²) in [5, 5.41) is 0. The summed E-state index contributed by atoms with van der Waals surface area (Å²) >= 11 is 0. The monoisotopic (exact) mass is 245 g/mol. The smallest absolute Gasteiger partial charge is 0.267 e. The van der Waals surface area contributed by atoms with E-state index in [-0.39, 0.29) is 12.0 Å². The van der Waals surface area contributed by atoms with E-state index < -0.39 is 0 Å². The van der Waals surface area contributed by atoms with Crippen LogP contribution in [0.3, 0.4) is 0 Å². The number of benzene rings is 1. The van der Waals surface area contributed by atoms with E-state index in [1.54, 1.807) is 6.08 Å². The van der Waals surface area contributed by atoms with Crippen LogP contribution < -0.4 is 5.48 Å². The highest BCUT2D eigenvalue weighted by atomic mass is 16.7. The molecule has 96 valence electrons. The van der Waals surface area contributed by atoms with Gasteiger partial charge >= 0.3 is 0 Å². The molecule has 1 aliphatic rings. The third-order valence-corrected chi connectivity index (χ3v) is 3.13. The molecule has 3 heteroatoms. The molecule has 1 N–H and O–H groups in total. The van der Waals surface area contributed by atoms with E-state index >= 15 is 0 Å². The molecular formula is C15H19NO2. The molecule has 0 bridgehead atoms. The Morgan fingerprint density at radius 1 is 1.28 bits per heavy atom. The van der Waals surface area contributed by atoms with Gasteiger partial charge < -0.3 is 0 Å². The lowest BCUT2D eigenvalue weighted by molar-refractivity contribution is -0.132. The van der Waals surface area contributed by atoms with Crippen LogP contribution in [0.4, 0.5) is 0 Å². The summed E-state index contributed by atoms with van der Waals surface area (Å²) in [5.74, 6) is -0.206. The predicted octanol–water partition coefficient (Wildman–Crippen LogP) is 3.00. The second-order valence-corrected chi connectivity index (χ2v) is 4.73. The van der Waals surface area contributed by atoms with Crippen molar-refractivity contribution in [1.29, 1.82) is 0 Å². The van der Waals surface area contributed by atoms with Crippen LogP contribution in [0.1, 0.15) is 36.8 Å². The first kappa shape index (κ1) is 12.8. The molecule has 0 spiro atoms. The Balaban J connectivity index is 1.77. The maximum absolute atomic E-state index is 11.5. The van der Waals surface area contributed by atoms with Gasteiger partial charge in [0.15, 0.2) is 0 Å². The first-order valence-corrected chi connectivity index (χ1v) is 6.44. The second-order valence-electron chi connectivity index (χ2n) is 4.73. The van der Waals surface area contributed by atoms with E-state index in [0.717, 1.165) is 18.4 Å². The van der Waals surface area contributed by atoms with Gasteiger partial charge in [-0.1, -0.05) is 42.7 Å². The van der Waals surface area contributed by atoms with Crippen molar-refractivity contribution in [2.45, 2.75) is 38.7 Å². The summed E-state index contributed by atoms with van der Waals surface area (Å²) < 4.78 is 0. The normalized spacial score (nSPS) is 16.3. The molecule has 0 radical (unpaired) electrons. The molecule has 0 aliphatic heterocycles. The van der Waals surface area contributed by atoms with Crippen LogP contribution in [0.25, 0.3) is 6.08 Å². The lowest BCUT2D eigenvalue weighted by Gasteiger charge is -2.09. The van der Waals surface area contributed by atoms with E-state index in [2.05, 4.69) is 5.48 Å². The van der Waals surface area contributed by atoms with Gasteiger partial charge in [-0.25, -0.2) is 5.48 Å². The van der Waals surface area contributed by atoms with Crippen LogP contribution in [0.2, 0.25) is 0 Å². The van der Waals surface area contributed by atoms with Gasteiger partial charge in [0.1, 0.15) is 0 Å². The van der Waals surface area contributed by atoms with Crippen molar-refractivity contribution in [3.8, 4) is 0 Å². The van der Waals surface area contributed by atoms with Crippen LogP contribution in [0, 0.1) is 6.92 Å². The molecule has 0 aromatic heterocycles. The summed E-state index contributed by atoms with van der Waals surface area (Å²) in [7, 11) is 0. The Hall–Kier alpha value is -1.61. The molecule has 1 fully saturated rings. The molecule has 1 amide bonds. The quantitative estimate of drug-likeness (QED) is 0.654. The van der Waals surface area contributed by atoms with Gasteiger partial charge in [-0.15, -0.1) is 0 Å². The highest BCUT2D eigenvalue weighted by Gasteiger charge is 2.16. The molecule has 0 unspecified atom stereocenters. The predicted molar refractivity (Wildman–Crippen MR) is 71.7 cm³/mol. The third kappa shape index (κ3) is 4.00. The van der Waals surface area contributed by atoms with E-state index in [9.17, 15) is 4.79 Å². The zero-order valence-electron chi connectivity index (χ0n) is 10.7. The fourth-order valence-corrected chi connectivity index (χ4v) is 2.03. The molecule has 0 atom stereocenters. The average molecular weight is 245 g/mol. The Labute approximate surface area is 108 Å². The molecule has 1 saturated carbocycles. The maximum atomic E-state index is 11.5. The highest BCUT2D eigenvalue weighted by Crippen LogP contribution is 2.19. The molecule has 18 heavy (non-hydrogen) atoms. The fourth-order valence-electron chi connectivity index (χ4n) is 2.03. The van der Waals surface area contributed by atoms with Crippen LogP contribution in [0.15, 0.2) is 30.3 Å². The van der Waals surface area contributed by atoms with Gasteiger partial charge in [-0.05, 0) is 31.4 Å². The minimum atomic E-state index is -0.206. The van der Waals surface area contributed by atoms with Gasteiger partial charge in [0.25, 0.3) is 5.91 Å². The summed E-state index contributed by atoms with van der Waals surface area (Å²) in [5.41, 5.74) is 4.70. The zero-order chi connectivity index (χ0) is 12.8. The molecule has 3 nitrogen and oxygen atoms in total. The van der Waals surface area contributed by atoms with Crippen molar-refractivity contribution in [3.05, 3.63) is 41.5 Å². The van der Waals surface area contributed by atoms with Gasteiger partial charge in [0, 0.05) is 6.08 Å². The van der Waals surface area contributed by atoms with Crippen molar-refractivity contribution >= 4 is 12.0 Å². The Morgan fingerprint density at radius 2 is 1.94 bits per heavy atom. The number of hydrogen-bond acceptors (Lipinski definition) is 2. The standard InChI is InChI=1S/C15H19NO2/c1-12-6-8-13(9-7-12)10-11-15(17)16-18-14-4-2-3-5-14/h6-11,14H,2-5H2,1H3,(H,16,17)/b11-10+. The Bertz CT molecular complexity index is 417. The molecule has 2 rings (SSSR count). The van der Waals surface area contributed by atoms with Crippen LogP contribution in [-0.4, -0.2) is 12.0 Å². The number of aryl methyl sites for hydroxylation is 1. The molecule has 0 heterocycles. The zero-order valence-corrected chi connectivity index (χ0v) is 10.7. The molecule has 1 aliphatic carbocycles. The lowest BCUT2D eigenvalue weighted by Crippen LogP contribution is -2.26. The van der Waals surface area contributed by atoms with Gasteiger partial charge in [0.05, 0.1) is 6.10 Å². The molecule has 0 saturated heterocycles. The van der Waals surface area contributed by atoms with Crippen LogP contribution in [0.5, 0.6) is 0 Å². The Kier molecular flexibility index (Phi) is 4.53. The number of hydrogen-bond donors (Lipinski definition) is 1. The van der Waals surface area contributed by atoms with Crippen molar-refractivity contribution in [1.82, 2.24) is 5.48 Å². The SMILES string of the molecule is Cc1ccc(/C=C/C(=O)NOC2CCCC2)cc1. The van der Waals surface area contributed by atoms with Crippen molar-refractivity contribution in [2.24, 2.45) is 0 Å².